The Bertz CT molecular complexity index is 764. The standard InChI is InChI=1S/C20H25BrF4N2O3/c1-10(2)6-14(19(29)27-8-13(22)17-16(27)15(28)9-30-17)26-18(20(23,24)25)11-4-3-5-12(21)7-11/h3-5,7,10,13-18,26,28H,6,8-9H2,1-2H3/t13-,14-,15-,16+,17+,18-/m0/s1. The number of amides is 1. The van der Waals surface area contributed by atoms with Crippen LogP contribution in [0.25, 0.3) is 0 Å². The maximum Gasteiger partial charge on any atom is 0.407 e. The van der Waals surface area contributed by atoms with Crippen LogP contribution >= 0.6 is 15.9 Å². The summed E-state index contributed by atoms with van der Waals surface area (Å²) < 4.78 is 61.7. The van der Waals surface area contributed by atoms with Crippen LogP contribution in [0, 0.1) is 5.92 Å². The van der Waals surface area contributed by atoms with Crippen molar-refractivity contribution < 1.29 is 32.2 Å². The molecule has 0 saturated carbocycles. The molecule has 0 radical (unpaired) electrons. The van der Waals surface area contributed by atoms with Crippen molar-refractivity contribution in [1.29, 1.82) is 0 Å². The molecule has 1 aromatic carbocycles. The van der Waals surface area contributed by atoms with E-state index < -0.39 is 48.6 Å². The molecule has 5 nitrogen and oxygen atoms in total. The quantitative estimate of drug-likeness (QED) is 0.592. The number of carbonyl (C=O) groups is 1. The third kappa shape index (κ3) is 4.98. The lowest BCUT2D eigenvalue weighted by Gasteiger charge is -2.33. The average molecular weight is 497 g/mol. The fraction of sp³-hybridized carbons (Fsp3) is 0.650. The van der Waals surface area contributed by atoms with Crippen molar-refractivity contribution in [2.45, 2.75) is 62.9 Å². The monoisotopic (exact) mass is 496 g/mol. The Morgan fingerprint density at radius 1 is 1.40 bits per heavy atom. The van der Waals surface area contributed by atoms with Crippen molar-refractivity contribution in [2.24, 2.45) is 5.92 Å². The van der Waals surface area contributed by atoms with Gasteiger partial charge < -0.3 is 14.7 Å². The summed E-state index contributed by atoms with van der Waals surface area (Å²) in [5.41, 5.74) is -0.0367. The molecule has 0 aromatic heterocycles. The zero-order valence-electron chi connectivity index (χ0n) is 16.6. The number of fused-ring (bicyclic) bond motifs is 1. The van der Waals surface area contributed by atoms with Crippen molar-refractivity contribution >= 4 is 21.8 Å². The van der Waals surface area contributed by atoms with Crippen LogP contribution in [-0.4, -0.2) is 65.7 Å². The van der Waals surface area contributed by atoms with Crippen molar-refractivity contribution in [3.8, 4) is 0 Å². The number of halogens is 5. The zero-order valence-corrected chi connectivity index (χ0v) is 18.2. The number of rotatable bonds is 6. The van der Waals surface area contributed by atoms with Crippen LogP contribution in [0.15, 0.2) is 28.7 Å². The summed E-state index contributed by atoms with van der Waals surface area (Å²) in [6, 6.07) is 1.62. The smallest absolute Gasteiger partial charge is 0.388 e. The van der Waals surface area contributed by atoms with Gasteiger partial charge in [-0.3, -0.25) is 10.1 Å². The van der Waals surface area contributed by atoms with Gasteiger partial charge in [-0.15, -0.1) is 0 Å². The largest absolute Gasteiger partial charge is 0.407 e. The maximum absolute atomic E-state index is 14.3. The van der Waals surface area contributed by atoms with Crippen molar-refractivity contribution in [3.63, 3.8) is 0 Å². The van der Waals surface area contributed by atoms with E-state index in [2.05, 4.69) is 21.2 Å². The van der Waals surface area contributed by atoms with E-state index >= 15 is 0 Å². The van der Waals surface area contributed by atoms with Gasteiger partial charge in [-0.2, -0.15) is 13.2 Å². The average Bonchev–Trinajstić information content (AvgIpc) is 3.18. The lowest BCUT2D eigenvalue weighted by molar-refractivity contribution is -0.163. The highest BCUT2D eigenvalue weighted by Crippen LogP contribution is 2.36. The number of benzene rings is 1. The first-order chi connectivity index (χ1) is 14.0. The third-order valence-electron chi connectivity index (χ3n) is 5.44. The van der Waals surface area contributed by atoms with E-state index in [9.17, 15) is 27.5 Å². The van der Waals surface area contributed by atoms with E-state index in [0.717, 1.165) is 4.90 Å². The van der Waals surface area contributed by atoms with Gasteiger partial charge in [0.2, 0.25) is 5.91 Å². The van der Waals surface area contributed by atoms with E-state index in [1.165, 1.54) is 18.2 Å². The Kier molecular flexibility index (Phi) is 7.11. The van der Waals surface area contributed by atoms with Crippen molar-refractivity contribution in [2.75, 3.05) is 13.2 Å². The van der Waals surface area contributed by atoms with Crippen LogP contribution in [0.1, 0.15) is 31.9 Å². The van der Waals surface area contributed by atoms with Crippen molar-refractivity contribution in [1.82, 2.24) is 10.2 Å². The van der Waals surface area contributed by atoms with Gasteiger partial charge in [-0.1, -0.05) is 41.9 Å². The molecule has 10 heteroatoms. The molecule has 2 fully saturated rings. The lowest BCUT2D eigenvalue weighted by atomic mass is 9.98. The van der Waals surface area contributed by atoms with Crippen LogP contribution in [0.4, 0.5) is 17.6 Å². The fourth-order valence-corrected chi connectivity index (χ4v) is 4.58. The highest BCUT2D eigenvalue weighted by atomic mass is 79.9. The number of hydrogen-bond donors (Lipinski definition) is 2. The summed E-state index contributed by atoms with van der Waals surface area (Å²) >= 11 is 3.18. The maximum atomic E-state index is 14.3. The highest BCUT2D eigenvalue weighted by Gasteiger charge is 2.54. The number of alkyl halides is 4. The second kappa shape index (κ2) is 9.10. The Morgan fingerprint density at radius 2 is 2.10 bits per heavy atom. The molecule has 0 aliphatic carbocycles. The Labute approximate surface area is 180 Å². The molecule has 2 heterocycles. The van der Waals surface area contributed by atoms with Gasteiger partial charge in [-0.25, -0.2) is 4.39 Å². The van der Waals surface area contributed by atoms with Gasteiger partial charge in [0.25, 0.3) is 0 Å². The molecule has 1 aromatic rings. The fourth-order valence-electron chi connectivity index (χ4n) is 4.16. The molecule has 1 amide bonds. The molecule has 6 atom stereocenters. The van der Waals surface area contributed by atoms with E-state index in [0.29, 0.717) is 4.47 Å². The zero-order chi connectivity index (χ0) is 22.2. The summed E-state index contributed by atoms with van der Waals surface area (Å²) in [7, 11) is 0. The molecule has 168 valence electrons. The second-order valence-corrected chi connectivity index (χ2v) is 9.16. The molecule has 2 N–H and O–H groups in total. The minimum Gasteiger partial charge on any atom is -0.388 e. The van der Waals surface area contributed by atoms with Crippen molar-refractivity contribution in [3.05, 3.63) is 34.3 Å². The minimum absolute atomic E-state index is 0.0367. The molecule has 0 unspecified atom stereocenters. The van der Waals surface area contributed by atoms with Gasteiger partial charge in [0, 0.05) is 4.47 Å². The Morgan fingerprint density at radius 3 is 2.70 bits per heavy atom. The predicted molar refractivity (Wildman–Crippen MR) is 105 cm³/mol. The number of aliphatic hydroxyl groups is 1. The summed E-state index contributed by atoms with van der Waals surface area (Å²) in [4.78, 5) is 14.4. The molecule has 0 bridgehead atoms. The van der Waals surface area contributed by atoms with Crippen LogP contribution in [0.2, 0.25) is 0 Å². The molecule has 2 aliphatic rings. The molecular weight excluding hydrogens is 472 g/mol. The normalized spacial score (nSPS) is 28.6. The predicted octanol–water partition coefficient (Wildman–Crippen LogP) is 3.37. The van der Waals surface area contributed by atoms with Gasteiger partial charge in [0.05, 0.1) is 25.2 Å². The van der Waals surface area contributed by atoms with Gasteiger partial charge >= 0.3 is 6.18 Å². The molecular formula is C20H25BrF4N2O3. The molecule has 3 rings (SSSR count). The Hall–Kier alpha value is -1.23. The molecule has 2 aliphatic heterocycles. The van der Waals surface area contributed by atoms with E-state index in [1.807, 2.05) is 0 Å². The summed E-state index contributed by atoms with van der Waals surface area (Å²) in [5, 5.41) is 12.6. The second-order valence-electron chi connectivity index (χ2n) is 8.24. The molecule has 2 saturated heterocycles. The summed E-state index contributed by atoms with van der Waals surface area (Å²) in [6.45, 7) is 3.17. The summed E-state index contributed by atoms with van der Waals surface area (Å²) in [6.07, 6.45) is -8.03. The number of nitrogens with zero attached hydrogens (tertiary/aromatic N) is 1. The van der Waals surface area contributed by atoms with Crippen LogP contribution in [0.5, 0.6) is 0 Å². The number of likely N-dealkylation sites (tertiary alicyclic amines) is 1. The van der Waals surface area contributed by atoms with Gasteiger partial charge in [0.1, 0.15) is 24.4 Å². The first kappa shape index (κ1) is 23.4. The number of nitrogens with one attached hydrogen (secondary N) is 1. The molecule has 30 heavy (non-hydrogen) atoms. The first-order valence-electron chi connectivity index (χ1n) is 9.81. The lowest BCUT2D eigenvalue weighted by Crippen LogP contribution is -2.54. The first-order valence-corrected chi connectivity index (χ1v) is 10.6. The van der Waals surface area contributed by atoms with Crippen LogP contribution < -0.4 is 5.32 Å². The number of hydrogen-bond acceptors (Lipinski definition) is 4. The molecule has 0 spiro atoms. The van der Waals surface area contributed by atoms with E-state index in [1.54, 1.807) is 19.9 Å². The summed E-state index contributed by atoms with van der Waals surface area (Å²) in [5.74, 6) is -0.750. The topological polar surface area (TPSA) is 61.8 Å². The van der Waals surface area contributed by atoms with E-state index in [4.69, 9.17) is 4.74 Å². The number of carbonyl (C=O) groups excluding carboxylic acids is 1. The number of aliphatic hydroxyl groups excluding tert-OH is 1. The highest BCUT2D eigenvalue weighted by molar-refractivity contribution is 9.10. The van der Waals surface area contributed by atoms with Crippen LogP contribution in [0.3, 0.4) is 0 Å². The SMILES string of the molecule is CC(C)C[C@H](N[C@@H](c1cccc(Br)c1)C(F)(F)F)C(=O)N1C[C@H](F)[C@H]2OC[C@H](O)[C@H]21. The Balaban J connectivity index is 1.88. The van der Waals surface area contributed by atoms with E-state index in [-0.39, 0.29) is 31.1 Å². The minimum atomic E-state index is -4.65. The van der Waals surface area contributed by atoms with Gasteiger partial charge in [0.15, 0.2) is 0 Å². The third-order valence-corrected chi connectivity index (χ3v) is 5.94. The number of ether oxygens (including phenoxy) is 1. The van der Waals surface area contributed by atoms with Crippen LogP contribution in [-0.2, 0) is 9.53 Å². The van der Waals surface area contributed by atoms with Gasteiger partial charge in [-0.05, 0) is 30.0 Å².